The molecule has 156 valence electrons. The predicted molar refractivity (Wildman–Crippen MR) is 117 cm³/mol. The lowest BCUT2D eigenvalue weighted by Crippen LogP contribution is -2.42. The number of carbonyl (C=O) groups is 3. The van der Waals surface area contributed by atoms with Gasteiger partial charge in [0.15, 0.2) is 5.78 Å². The second-order valence-corrected chi connectivity index (χ2v) is 8.55. The molecule has 0 radical (unpaired) electrons. The second-order valence-electron chi connectivity index (χ2n) is 8.11. The minimum absolute atomic E-state index is 0.0677. The number of benzene rings is 2. The summed E-state index contributed by atoms with van der Waals surface area (Å²) in [5.74, 6) is -0.139. The highest BCUT2D eigenvalue weighted by Crippen LogP contribution is 2.27. The molecule has 2 aliphatic rings. The van der Waals surface area contributed by atoms with Gasteiger partial charge in [-0.25, -0.2) is 0 Å². The van der Waals surface area contributed by atoms with Crippen molar-refractivity contribution in [2.75, 3.05) is 24.5 Å². The summed E-state index contributed by atoms with van der Waals surface area (Å²) >= 11 is 6.02. The number of aryl methyl sites for hydroxylation is 1. The summed E-state index contributed by atoms with van der Waals surface area (Å²) in [6, 6.07) is 12.6. The number of anilines is 1. The molecule has 2 saturated heterocycles. The Kier molecular flexibility index (Phi) is 5.91. The molecule has 1 atom stereocenters. The normalized spacial score (nSPS) is 19.3. The fraction of sp³-hybridized carbons (Fsp3) is 0.375. The van der Waals surface area contributed by atoms with Gasteiger partial charge in [-0.1, -0.05) is 17.7 Å². The molecule has 0 unspecified atom stereocenters. The molecule has 0 saturated carbocycles. The molecule has 2 aliphatic heterocycles. The van der Waals surface area contributed by atoms with Crippen molar-refractivity contribution in [3.05, 3.63) is 64.2 Å². The maximum absolute atomic E-state index is 13.2. The zero-order valence-electron chi connectivity index (χ0n) is 17.1. The molecule has 5 nitrogen and oxygen atoms in total. The number of amides is 2. The number of piperidine rings is 1. The van der Waals surface area contributed by atoms with Crippen LogP contribution in [0.15, 0.2) is 42.5 Å². The van der Waals surface area contributed by atoms with Gasteiger partial charge in [0.2, 0.25) is 5.91 Å². The molecule has 2 fully saturated rings. The Labute approximate surface area is 181 Å². The van der Waals surface area contributed by atoms with E-state index < -0.39 is 0 Å². The van der Waals surface area contributed by atoms with Gasteiger partial charge >= 0.3 is 0 Å². The summed E-state index contributed by atoms with van der Waals surface area (Å²) in [5, 5.41) is 0.612. The Morgan fingerprint density at radius 3 is 2.63 bits per heavy atom. The number of carbonyl (C=O) groups excluding carboxylic acids is 3. The molecule has 4 rings (SSSR count). The first kappa shape index (κ1) is 20.6. The van der Waals surface area contributed by atoms with Crippen LogP contribution < -0.4 is 4.90 Å². The van der Waals surface area contributed by atoms with Gasteiger partial charge in [0.1, 0.15) is 0 Å². The number of hydrogen-bond donors (Lipinski definition) is 0. The van der Waals surface area contributed by atoms with Crippen LogP contribution in [0.4, 0.5) is 5.69 Å². The van der Waals surface area contributed by atoms with Crippen LogP contribution in [0.5, 0.6) is 0 Å². The number of halogens is 1. The van der Waals surface area contributed by atoms with Crippen molar-refractivity contribution < 1.29 is 14.4 Å². The Hall–Kier alpha value is -2.66. The van der Waals surface area contributed by atoms with Crippen molar-refractivity contribution >= 4 is 34.9 Å². The van der Waals surface area contributed by atoms with Gasteiger partial charge in [0, 0.05) is 53.8 Å². The van der Waals surface area contributed by atoms with Crippen molar-refractivity contribution in [2.45, 2.75) is 32.6 Å². The summed E-state index contributed by atoms with van der Waals surface area (Å²) in [6.45, 7) is 3.62. The molecule has 0 bridgehead atoms. The van der Waals surface area contributed by atoms with Gasteiger partial charge in [0.05, 0.1) is 0 Å². The average molecular weight is 425 g/mol. The lowest BCUT2D eigenvalue weighted by molar-refractivity contribution is -0.117. The van der Waals surface area contributed by atoms with Crippen molar-refractivity contribution in [3.63, 3.8) is 0 Å². The topological polar surface area (TPSA) is 57.7 Å². The monoisotopic (exact) mass is 424 g/mol. The minimum Gasteiger partial charge on any atom is -0.338 e. The van der Waals surface area contributed by atoms with Gasteiger partial charge in [-0.2, -0.15) is 0 Å². The lowest BCUT2D eigenvalue weighted by Gasteiger charge is -2.32. The highest BCUT2D eigenvalue weighted by molar-refractivity contribution is 6.30. The van der Waals surface area contributed by atoms with Gasteiger partial charge in [-0.3, -0.25) is 14.4 Å². The molecule has 0 aliphatic carbocycles. The summed E-state index contributed by atoms with van der Waals surface area (Å²) in [6.07, 6.45) is 2.96. The van der Waals surface area contributed by atoms with E-state index in [1.54, 1.807) is 40.1 Å². The zero-order valence-corrected chi connectivity index (χ0v) is 17.8. The van der Waals surface area contributed by atoms with Crippen molar-refractivity contribution in [2.24, 2.45) is 5.92 Å². The molecule has 6 heteroatoms. The molecule has 0 spiro atoms. The van der Waals surface area contributed by atoms with Gasteiger partial charge in [-0.15, -0.1) is 0 Å². The Morgan fingerprint density at radius 1 is 1.07 bits per heavy atom. The number of nitrogens with zero attached hydrogens (tertiary/aromatic N) is 2. The first-order valence-corrected chi connectivity index (χ1v) is 10.8. The molecule has 2 amide bonds. The molecule has 2 heterocycles. The van der Waals surface area contributed by atoms with E-state index in [9.17, 15) is 14.4 Å². The first-order valence-electron chi connectivity index (χ1n) is 10.4. The summed E-state index contributed by atoms with van der Waals surface area (Å²) in [5.41, 5.74) is 2.86. The Bertz CT molecular complexity index is 1000. The summed E-state index contributed by atoms with van der Waals surface area (Å²) in [4.78, 5) is 41.8. The molecule has 2 aromatic rings. The average Bonchev–Trinajstić information content (AvgIpc) is 3.19. The highest BCUT2D eigenvalue weighted by atomic mass is 35.5. The minimum atomic E-state index is -0.217. The molecule has 2 aromatic carbocycles. The fourth-order valence-electron chi connectivity index (χ4n) is 4.41. The number of rotatable bonds is 4. The van der Waals surface area contributed by atoms with E-state index >= 15 is 0 Å². The van der Waals surface area contributed by atoms with Crippen molar-refractivity contribution in [3.8, 4) is 0 Å². The Morgan fingerprint density at radius 2 is 1.90 bits per heavy atom. The van der Waals surface area contributed by atoms with E-state index in [1.165, 1.54) is 0 Å². The Balaban J connectivity index is 1.50. The molecule has 0 aromatic heterocycles. The number of likely N-dealkylation sites (tertiary alicyclic amines) is 1. The van der Waals surface area contributed by atoms with Crippen LogP contribution in [0, 0.1) is 12.8 Å². The third-order valence-electron chi connectivity index (χ3n) is 6.01. The summed E-state index contributed by atoms with van der Waals surface area (Å²) < 4.78 is 0. The van der Waals surface area contributed by atoms with Crippen molar-refractivity contribution in [1.82, 2.24) is 4.90 Å². The second kappa shape index (κ2) is 8.60. The first-order chi connectivity index (χ1) is 14.4. The van der Waals surface area contributed by atoms with E-state index in [4.69, 9.17) is 11.6 Å². The SMILES string of the molecule is Cc1cc(Cl)ccc1C(=O)[C@H]1CCCN(C(=O)c2cccc(N3CCCC3=O)c2)C1. The van der Waals surface area contributed by atoms with Gasteiger partial charge in [0.25, 0.3) is 5.91 Å². The van der Waals surface area contributed by atoms with Crippen LogP contribution >= 0.6 is 11.6 Å². The van der Waals surface area contributed by atoms with Crippen LogP contribution in [0.2, 0.25) is 5.02 Å². The summed E-state index contributed by atoms with van der Waals surface area (Å²) in [7, 11) is 0. The van der Waals surface area contributed by atoms with Gasteiger partial charge in [-0.05, 0) is 68.1 Å². The predicted octanol–water partition coefficient (Wildman–Crippen LogP) is 4.51. The third kappa shape index (κ3) is 4.12. The number of Topliss-reactive ketones (excluding diaryl/α,β-unsaturated/α-hetero) is 1. The van der Waals surface area contributed by atoms with E-state index in [1.807, 2.05) is 19.1 Å². The number of hydrogen-bond acceptors (Lipinski definition) is 3. The smallest absolute Gasteiger partial charge is 0.253 e. The lowest BCUT2D eigenvalue weighted by atomic mass is 9.88. The van der Waals surface area contributed by atoms with Crippen LogP contribution in [-0.2, 0) is 4.79 Å². The molecular formula is C24H25ClN2O3. The van der Waals surface area contributed by atoms with Gasteiger partial charge < -0.3 is 9.80 Å². The van der Waals surface area contributed by atoms with Crippen molar-refractivity contribution in [1.29, 1.82) is 0 Å². The maximum Gasteiger partial charge on any atom is 0.253 e. The van der Waals surface area contributed by atoms with Crippen LogP contribution in [-0.4, -0.2) is 42.1 Å². The quantitative estimate of drug-likeness (QED) is 0.678. The van der Waals surface area contributed by atoms with Crippen LogP contribution in [0.3, 0.4) is 0 Å². The van der Waals surface area contributed by atoms with E-state index in [2.05, 4.69) is 0 Å². The number of ketones is 1. The highest BCUT2D eigenvalue weighted by Gasteiger charge is 2.30. The van der Waals surface area contributed by atoms with E-state index in [0.717, 1.165) is 30.5 Å². The standard InChI is InChI=1S/C24H25ClN2O3/c1-16-13-19(25)9-10-21(16)23(29)18-6-3-11-26(15-18)24(30)17-5-2-7-20(14-17)27-12-4-8-22(27)28/h2,5,7,9-10,13-14,18H,3-4,6,8,11-12,15H2,1H3/t18-/m0/s1. The van der Waals surface area contributed by atoms with E-state index in [0.29, 0.717) is 42.2 Å². The fourth-order valence-corrected chi connectivity index (χ4v) is 4.64. The third-order valence-corrected chi connectivity index (χ3v) is 6.25. The van der Waals surface area contributed by atoms with E-state index in [-0.39, 0.29) is 23.5 Å². The largest absolute Gasteiger partial charge is 0.338 e. The molecule has 30 heavy (non-hydrogen) atoms. The maximum atomic E-state index is 13.2. The zero-order chi connectivity index (χ0) is 21.3. The molecular weight excluding hydrogens is 400 g/mol. The van der Waals surface area contributed by atoms with Crippen LogP contribution in [0.1, 0.15) is 52.0 Å². The van der Waals surface area contributed by atoms with Crippen LogP contribution in [0.25, 0.3) is 0 Å². The molecule has 0 N–H and O–H groups in total.